The van der Waals surface area contributed by atoms with Gasteiger partial charge in [-0.15, -0.1) is 0 Å². The van der Waals surface area contributed by atoms with Crippen molar-refractivity contribution in [3.8, 4) is 0 Å². The van der Waals surface area contributed by atoms with Gasteiger partial charge in [0.05, 0.1) is 0 Å². The van der Waals surface area contributed by atoms with E-state index in [2.05, 4.69) is 57.3 Å². The van der Waals surface area contributed by atoms with Crippen LogP contribution in [0.1, 0.15) is 68.1 Å². The average Bonchev–Trinajstić information content (AvgIpc) is 2.86. The Balaban J connectivity index is 1.88. The maximum Gasteiger partial charge on any atom is 0.306 e. The Morgan fingerprint density at radius 2 is 1.65 bits per heavy atom. The molecule has 2 fully saturated rings. The summed E-state index contributed by atoms with van der Waals surface area (Å²) in [6.07, 6.45) is 8.12. The highest BCUT2D eigenvalue weighted by molar-refractivity contribution is 14.1. The van der Waals surface area contributed by atoms with E-state index in [9.17, 15) is 4.79 Å². The number of rotatable bonds is 2. The van der Waals surface area contributed by atoms with Gasteiger partial charge in [0.1, 0.15) is 6.10 Å². The van der Waals surface area contributed by atoms with E-state index >= 15 is 0 Å². The highest BCUT2D eigenvalue weighted by atomic mass is 127. The Labute approximate surface area is 147 Å². The second kappa shape index (κ2) is 6.50. The first-order valence-electron chi connectivity index (χ1n) is 7.33. The van der Waals surface area contributed by atoms with Gasteiger partial charge >= 0.3 is 5.97 Å². The Bertz CT molecular complexity index is 498. The van der Waals surface area contributed by atoms with Crippen LogP contribution in [-0.4, -0.2) is 5.97 Å². The Kier molecular flexibility index (Phi) is 4.90. The lowest BCUT2D eigenvalue weighted by atomic mass is 9.83. The molecule has 1 aliphatic heterocycles. The molecule has 2 nitrogen and oxygen atoms in total. The minimum atomic E-state index is -0.0589. The molecule has 1 atom stereocenters. The number of esters is 1. The molecule has 0 N–H and O–H groups in total. The maximum atomic E-state index is 11.3. The van der Waals surface area contributed by atoms with Crippen molar-refractivity contribution in [2.75, 3.05) is 0 Å². The molecule has 0 spiro atoms. The summed E-state index contributed by atoms with van der Waals surface area (Å²) >= 11 is 4.92. The fourth-order valence-corrected chi connectivity index (χ4v) is 6.03. The molecule has 1 aromatic carbocycles. The largest absolute Gasteiger partial charge is 0.457 e. The van der Waals surface area contributed by atoms with Gasteiger partial charge in [-0.05, 0) is 93.6 Å². The van der Waals surface area contributed by atoms with Crippen LogP contribution in [-0.2, 0) is 9.53 Å². The molecule has 20 heavy (non-hydrogen) atoms. The highest BCUT2D eigenvalue weighted by Crippen LogP contribution is 2.40. The van der Waals surface area contributed by atoms with Crippen molar-refractivity contribution in [1.29, 1.82) is 0 Å². The zero-order valence-corrected chi connectivity index (χ0v) is 15.6. The van der Waals surface area contributed by atoms with Crippen LogP contribution in [0, 0.1) is 7.14 Å². The molecule has 4 heteroatoms. The smallest absolute Gasteiger partial charge is 0.306 e. The summed E-state index contributed by atoms with van der Waals surface area (Å²) in [6, 6.07) is 4.46. The standard InChI is InChI=1S/C16H18I2O2/c17-12-8-11(14-6-7-15(19)20-14)9-13(18)16(12)10-4-2-1-3-5-10/h8-10,14H,1-7H2. The fraction of sp³-hybridized carbons (Fsp3) is 0.562. The summed E-state index contributed by atoms with van der Waals surface area (Å²) in [7, 11) is 0. The van der Waals surface area contributed by atoms with E-state index in [0.717, 1.165) is 12.3 Å². The van der Waals surface area contributed by atoms with Gasteiger partial charge in [-0.25, -0.2) is 0 Å². The van der Waals surface area contributed by atoms with Crippen molar-refractivity contribution in [2.45, 2.75) is 57.0 Å². The SMILES string of the molecule is O=C1CCC(c2cc(I)c(C3CCCCC3)c(I)c2)O1. The Morgan fingerprint density at radius 1 is 1.00 bits per heavy atom. The maximum absolute atomic E-state index is 11.3. The van der Waals surface area contributed by atoms with Gasteiger partial charge in [-0.1, -0.05) is 19.3 Å². The van der Waals surface area contributed by atoms with Crippen LogP contribution in [0.3, 0.4) is 0 Å². The van der Waals surface area contributed by atoms with Gasteiger partial charge in [0.25, 0.3) is 0 Å². The molecule has 1 aliphatic carbocycles. The molecule has 0 radical (unpaired) electrons. The molecular formula is C16H18I2O2. The molecule has 0 bridgehead atoms. The van der Waals surface area contributed by atoms with E-state index in [1.807, 2.05) is 0 Å². The van der Waals surface area contributed by atoms with E-state index in [0.29, 0.717) is 6.42 Å². The lowest BCUT2D eigenvalue weighted by Crippen LogP contribution is -2.10. The summed E-state index contributed by atoms with van der Waals surface area (Å²) < 4.78 is 8.09. The van der Waals surface area contributed by atoms with Crippen LogP contribution in [0.15, 0.2) is 12.1 Å². The molecule has 1 saturated heterocycles. The Morgan fingerprint density at radius 3 is 2.20 bits per heavy atom. The molecule has 1 saturated carbocycles. The van der Waals surface area contributed by atoms with Crippen molar-refractivity contribution in [3.63, 3.8) is 0 Å². The third-order valence-electron chi connectivity index (χ3n) is 4.37. The summed E-state index contributed by atoms with van der Waals surface area (Å²) in [4.78, 5) is 11.3. The van der Waals surface area contributed by atoms with E-state index in [-0.39, 0.29) is 12.1 Å². The number of hydrogen-bond donors (Lipinski definition) is 0. The van der Waals surface area contributed by atoms with Crippen molar-refractivity contribution < 1.29 is 9.53 Å². The fourth-order valence-electron chi connectivity index (χ4n) is 3.33. The molecule has 0 amide bonds. The normalized spacial score (nSPS) is 23.9. The number of hydrogen-bond acceptors (Lipinski definition) is 2. The number of carbonyl (C=O) groups is 1. The van der Waals surface area contributed by atoms with Crippen molar-refractivity contribution in [1.82, 2.24) is 0 Å². The first kappa shape index (κ1) is 15.1. The first-order chi connectivity index (χ1) is 9.65. The van der Waals surface area contributed by atoms with Gasteiger partial charge in [-0.2, -0.15) is 0 Å². The number of carbonyl (C=O) groups excluding carboxylic acids is 1. The second-order valence-corrected chi connectivity index (χ2v) is 8.07. The van der Waals surface area contributed by atoms with Gasteiger partial charge in [0, 0.05) is 13.6 Å². The van der Waals surface area contributed by atoms with Gasteiger partial charge < -0.3 is 4.74 Å². The van der Waals surface area contributed by atoms with E-state index in [4.69, 9.17) is 4.74 Å². The summed E-state index contributed by atoms with van der Waals surface area (Å²) in [5.41, 5.74) is 2.70. The number of cyclic esters (lactones) is 1. The van der Waals surface area contributed by atoms with Crippen LogP contribution >= 0.6 is 45.2 Å². The van der Waals surface area contributed by atoms with Gasteiger partial charge in [0.15, 0.2) is 0 Å². The first-order valence-corrected chi connectivity index (χ1v) is 9.49. The predicted octanol–water partition coefficient (Wildman–Crippen LogP) is 5.32. The number of halogens is 2. The second-order valence-electron chi connectivity index (χ2n) is 5.75. The number of benzene rings is 1. The molecule has 1 heterocycles. The third-order valence-corrected chi connectivity index (χ3v) is 6.16. The Hall–Kier alpha value is 0.150. The minimum absolute atomic E-state index is 0.0232. The molecular weight excluding hydrogens is 478 g/mol. The van der Waals surface area contributed by atoms with E-state index < -0.39 is 0 Å². The van der Waals surface area contributed by atoms with Crippen LogP contribution in [0.25, 0.3) is 0 Å². The molecule has 1 aromatic rings. The van der Waals surface area contributed by atoms with Gasteiger partial charge in [-0.3, -0.25) is 4.79 Å². The molecule has 108 valence electrons. The van der Waals surface area contributed by atoms with Gasteiger partial charge in [0.2, 0.25) is 0 Å². The average molecular weight is 496 g/mol. The lowest BCUT2D eigenvalue weighted by Gasteiger charge is -2.25. The lowest BCUT2D eigenvalue weighted by molar-refractivity contribution is -0.141. The zero-order valence-electron chi connectivity index (χ0n) is 11.3. The van der Waals surface area contributed by atoms with Crippen LogP contribution in [0.2, 0.25) is 0 Å². The quantitative estimate of drug-likeness (QED) is 0.410. The molecule has 0 aromatic heterocycles. The van der Waals surface area contributed by atoms with Crippen molar-refractivity contribution in [3.05, 3.63) is 30.4 Å². The topological polar surface area (TPSA) is 26.3 Å². The molecule has 2 aliphatic rings. The van der Waals surface area contributed by atoms with Crippen molar-refractivity contribution >= 4 is 51.2 Å². The van der Waals surface area contributed by atoms with Crippen LogP contribution in [0.5, 0.6) is 0 Å². The molecule has 3 rings (SSSR count). The summed E-state index contributed by atoms with van der Waals surface area (Å²) in [5, 5.41) is 0. The highest BCUT2D eigenvalue weighted by Gasteiger charge is 2.27. The van der Waals surface area contributed by atoms with Crippen molar-refractivity contribution in [2.24, 2.45) is 0 Å². The third kappa shape index (κ3) is 3.15. The van der Waals surface area contributed by atoms with Crippen LogP contribution < -0.4 is 0 Å². The van der Waals surface area contributed by atoms with E-state index in [1.54, 1.807) is 0 Å². The summed E-state index contributed by atoms with van der Waals surface area (Å²) in [6.45, 7) is 0. The monoisotopic (exact) mass is 496 g/mol. The number of ether oxygens (including phenoxy) is 1. The summed E-state index contributed by atoms with van der Waals surface area (Å²) in [5.74, 6) is 0.666. The molecule has 1 unspecified atom stereocenters. The van der Waals surface area contributed by atoms with E-state index in [1.165, 1.54) is 50.4 Å². The minimum Gasteiger partial charge on any atom is -0.457 e. The van der Waals surface area contributed by atoms with Crippen LogP contribution in [0.4, 0.5) is 0 Å². The predicted molar refractivity (Wildman–Crippen MR) is 95.8 cm³/mol. The zero-order chi connectivity index (χ0) is 14.1.